The maximum Gasteiger partial charge on any atom is 0.0710 e. The van der Waals surface area contributed by atoms with Crippen molar-refractivity contribution in [2.24, 2.45) is 0 Å². The van der Waals surface area contributed by atoms with Crippen molar-refractivity contribution in [3.05, 3.63) is 84.3 Å². The van der Waals surface area contributed by atoms with Crippen LogP contribution in [0.2, 0.25) is 0 Å². The monoisotopic (exact) mass is 349 g/mol. The summed E-state index contributed by atoms with van der Waals surface area (Å²) in [5.74, 6) is 0. The molecule has 0 spiro atoms. The molecule has 1 N–H and O–H groups in total. The first kappa shape index (κ1) is 15.8. The molecule has 5 rings (SSSR count). The highest BCUT2D eigenvalue weighted by Gasteiger charge is 2.13. The number of aromatic amines is 1. The quantitative estimate of drug-likeness (QED) is 0.421. The van der Waals surface area contributed by atoms with Crippen LogP contribution in [0.4, 0.5) is 0 Å². The molecule has 0 radical (unpaired) electrons. The van der Waals surface area contributed by atoms with Gasteiger partial charge < -0.3 is 4.98 Å². The van der Waals surface area contributed by atoms with E-state index in [0.717, 1.165) is 22.4 Å². The molecule has 3 aromatic heterocycles. The highest BCUT2D eigenvalue weighted by Crippen LogP contribution is 2.36. The van der Waals surface area contributed by atoms with Crippen LogP contribution in [0.1, 0.15) is 11.3 Å². The zero-order valence-corrected chi connectivity index (χ0v) is 15.3. The molecular weight excluding hydrogens is 330 g/mol. The zero-order chi connectivity index (χ0) is 18.4. The Morgan fingerprint density at radius 3 is 2.56 bits per heavy atom. The fraction of sp³-hybridized carbons (Fsp3) is 0.0833. The van der Waals surface area contributed by atoms with Crippen LogP contribution in [-0.2, 0) is 0 Å². The molecular formula is C24H19N3. The summed E-state index contributed by atoms with van der Waals surface area (Å²) in [6.45, 7) is 4.18. The van der Waals surface area contributed by atoms with E-state index in [2.05, 4.69) is 70.4 Å². The van der Waals surface area contributed by atoms with Gasteiger partial charge in [0, 0.05) is 34.2 Å². The molecule has 0 saturated heterocycles. The lowest BCUT2D eigenvalue weighted by molar-refractivity contribution is 1.22. The molecule has 0 aliphatic carbocycles. The standard InChI is InChI=1S/C24H19N3/c1-15-6-5-7-18(23(15)21-8-3-4-12-26-21)17-9-10-19-20-11-13-25-16(2)24(20)27-22(19)14-17/h3-14,27H,1-2H3. The largest absolute Gasteiger partial charge is 0.353 e. The number of nitrogens with one attached hydrogen (secondary N) is 1. The van der Waals surface area contributed by atoms with Gasteiger partial charge in [-0.05, 0) is 54.8 Å². The second kappa shape index (κ2) is 6.06. The van der Waals surface area contributed by atoms with Gasteiger partial charge in [-0.1, -0.05) is 36.4 Å². The van der Waals surface area contributed by atoms with Gasteiger partial charge in [-0.2, -0.15) is 0 Å². The second-order valence-electron chi connectivity index (χ2n) is 6.92. The Balaban J connectivity index is 1.76. The van der Waals surface area contributed by atoms with Crippen molar-refractivity contribution in [3.8, 4) is 22.4 Å². The normalized spacial score (nSPS) is 11.3. The van der Waals surface area contributed by atoms with Crippen molar-refractivity contribution in [1.29, 1.82) is 0 Å². The molecule has 5 aromatic rings. The maximum atomic E-state index is 4.59. The van der Waals surface area contributed by atoms with Crippen molar-refractivity contribution in [2.45, 2.75) is 13.8 Å². The van der Waals surface area contributed by atoms with E-state index in [0.29, 0.717) is 0 Å². The first-order valence-electron chi connectivity index (χ1n) is 9.11. The van der Waals surface area contributed by atoms with Crippen LogP contribution < -0.4 is 0 Å². The lowest BCUT2D eigenvalue weighted by Gasteiger charge is -2.12. The summed E-state index contributed by atoms with van der Waals surface area (Å²) in [4.78, 5) is 12.5. The number of aryl methyl sites for hydroxylation is 2. The Morgan fingerprint density at radius 1 is 0.778 bits per heavy atom. The highest BCUT2D eigenvalue weighted by atomic mass is 14.8. The molecule has 0 fully saturated rings. The highest BCUT2D eigenvalue weighted by molar-refractivity contribution is 6.09. The van der Waals surface area contributed by atoms with Gasteiger partial charge in [0.2, 0.25) is 0 Å². The SMILES string of the molecule is Cc1cccc(-c2ccc3c(c2)[nH]c2c(C)nccc23)c1-c1ccccn1. The number of aromatic nitrogens is 3. The van der Waals surface area contributed by atoms with E-state index in [1.165, 1.54) is 33.0 Å². The van der Waals surface area contributed by atoms with Crippen molar-refractivity contribution in [1.82, 2.24) is 15.0 Å². The molecule has 0 saturated carbocycles. The number of benzene rings is 2. The summed E-state index contributed by atoms with van der Waals surface area (Å²) in [5.41, 5.74) is 9.06. The van der Waals surface area contributed by atoms with Crippen molar-refractivity contribution >= 4 is 21.8 Å². The number of hydrogen-bond donors (Lipinski definition) is 1. The van der Waals surface area contributed by atoms with Gasteiger partial charge in [0.25, 0.3) is 0 Å². The number of H-pyrrole nitrogens is 1. The van der Waals surface area contributed by atoms with Crippen LogP contribution in [-0.4, -0.2) is 15.0 Å². The number of rotatable bonds is 2. The molecule has 0 aliphatic heterocycles. The Morgan fingerprint density at radius 2 is 1.70 bits per heavy atom. The summed E-state index contributed by atoms with van der Waals surface area (Å²) >= 11 is 0. The number of fused-ring (bicyclic) bond motifs is 3. The molecule has 0 amide bonds. The third-order valence-electron chi connectivity index (χ3n) is 5.21. The molecule has 3 heteroatoms. The van der Waals surface area contributed by atoms with E-state index in [1.807, 2.05) is 31.5 Å². The van der Waals surface area contributed by atoms with E-state index >= 15 is 0 Å². The Hall–Kier alpha value is -3.46. The summed E-state index contributed by atoms with van der Waals surface area (Å²) in [6.07, 6.45) is 3.72. The summed E-state index contributed by atoms with van der Waals surface area (Å²) in [5, 5.41) is 2.45. The van der Waals surface area contributed by atoms with Gasteiger partial charge in [-0.15, -0.1) is 0 Å². The van der Waals surface area contributed by atoms with Crippen LogP contribution in [0, 0.1) is 13.8 Å². The molecule has 0 unspecified atom stereocenters. The molecule has 3 heterocycles. The smallest absolute Gasteiger partial charge is 0.0710 e. The Labute approximate surface area is 157 Å². The van der Waals surface area contributed by atoms with E-state index < -0.39 is 0 Å². The number of hydrogen-bond acceptors (Lipinski definition) is 2. The minimum atomic E-state index is 1.00. The van der Waals surface area contributed by atoms with E-state index in [4.69, 9.17) is 0 Å². The predicted octanol–water partition coefficient (Wildman–Crippen LogP) is 6.06. The maximum absolute atomic E-state index is 4.59. The molecule has 0 atom stereocenters. The molecule has 0 aliphatic rings. The van der Waals surface area contributed by atoms with Gasteiger partial charge in [-0.3, -0.25) is 9.97 Å². The molecule has 0 bridgehead atoms. The van der Waals surface area contributed by atoms with Gasteiger partial charge in [-0.25, -0.2) is 0 Å². The number of nitrogens with zero attached hydrogens (tertiary/aromatic N) is 2. The van der Waals surface area contributed by atoms with Crippen LogP contribution in [0.5, 0.6) is 0 Å². The van der Waals surface area contributed by atoms with Crippen molar-refractivity contribution in [2.75, 3.05) is 0 Å². The van der Waals surface area contributed by atoms with Crippen LogP contribution >= 0.6 is 0 Å². The van der Waals surface area contributed by atoms with Crippen LogP contribution in [0.3, 0.4) is 0 Å². The first-order valence-corrected chi connectivity index (χ1v) is 9.11. The van der Waals surface area contributed by atoms with Gasteiger partial charge >= 0.3 is 0 Å². The topological polar surface area (TPSA) is 41.6 Å². The molecule has 27 heavy (non-hydrogen) atoms. The lowest BCUT2D eigenvalue weighted by Crippen LogP contribution is -1.91. The van der Waals surface area contributed by atoms with Crippen molar-refractivity contribution in [3.63, 3.8) is 0 Å². The van der Waals surface area contributed by atoms with Gasteiger partial charge in [0.15, 0.2) is 0 Å². The summed E-state index contributed by atoms with van der Waals surface area (Å²) < 4.78 is 0. The third kappa shape index (κ3) is 2.51. The van der Waals surface area contributed by atoms with Crippen LogP contribution in [0.25, 0.3) is 44.2 Å². The average Bonchev–Trinajstić information content (AvgIpc) is 3.08. The fourth-order valence-electron chi connectivity index (χ4n) is 3.89. The average molecular weight is 349 g/mol. The van der Waals surface area contributed by atoms with Crippen LogP contribution in [0.15, 0.2) is 73.1 Å². The Kier molecular flexibility index (Phi) is 3.54. The molecule has 3 nitrogen and oxygen atoms in total. The molecule has 2 aromatic carbocycles. The lowest BCUT2D eigenvalue weighted by atomic mass is 9.93. The number of pyridine rings is 2. The predicted molar refractivity (Wildman–Crippen MR) is 112 cm³/mol. The summed E-state index contributed by atoms with van der Waals surface area (Å²) in [6, 6.07) is 21.2. The van der Waals surface area contributed by atoms with Gasteiger partial charge in [0.1, 0.15) is 0 Å². The first-order chi connectivity index (χ1) is 13.2. The summed E-state index contributed by atoms with van der Waals surface area (Å²) in [7, 11) is 0. The fourth-order valence-corrected chi connectivity index (χ4v) is 3.89. The molecule has 130 valence electrons. The second-order valence-corrected chi connectivity index (χ2v) is 6.92. The van der Waals surface area contributed by atoms with Gasteiger partial charge in [0.05, 0.1) is 16.9 Å². The minimum Gasteiger partial charge on any atom is -0.353 e. The zero-order valence-electron chi connectivity index (χ0n) is 15.3. The minimum absolute atomic E-state index is 1.00. The van der Waals surface area contributed by atoms with Crippen molar-refractivity contribution < 1.29 is 0 Å². The third-order valence-corrected chi connectivity index (χ3v) is 5.21. The Bertz CT molecular complexity index is 1280. The van der Waals surface area contributed by atoms with E-state index in [1.54, 1.807) is 0 Å². The van der Waals surface area contributed by atoms with E-state index in [9.17, 15) is 0 Å². The van der Waals surface area contributed by atoms with E-state index in [-0.39, 0.29) is 0 Å².